The number of nitrogens with zero attached hydrogens (tertiary/aromatic N) is 3. The predicted octanol–water partition coefficient (Wildman–Crippen LogP) is -0.208. The Kier molecular flexibility index (Phi) is 16.1. The highest BCUT2D eigenvalue weighted by Gasteiger charge is 2.36. The number of hydrogen-bond acceptors (Lipinski definition) is 11. The second-order valence-electron chi connectivity index (χ2n) is 14.0. The maximum Gasteiger partial charge on any atom is 0.252 e. The molecule has 0 saturated carbocycles. The van der Waals surface area contributed by atoms with Crippen molar-refractivity contribution < 1.29 is 33.4 Å². The Bertz CT molecular complexity index is 2100. The number of carbonyl (C=O) groups excluding carboxylic acids is 5. The summed E-state index contributed by atoms with van der Waals surface area (Å²) in [6.07, 6.45) is -0.0344. The molecular formula is C41H53N11O7. The van der Waals surface area contributed by atoms with Gasteiger partial charge in [0.2, 0.25) is 23.6 Å². The van der Waals surface area contributed by atoms with Gasteiger partial charge in [0.05, 0.1) is 6.07 Å². The summed E-state index contributed by atoms with van der Waals surface area (Å²) >= 11 is 0. The van der Waals surface area contributed by atoms with E-state index in [1.165, 1.54) is 18.9 Å². The Labute approximate surface area is 343 Å². The van der Waals surface area contributed by atoms with Gasteiger partial charge in [-0.1, -0.05) is 29.8 Å². The number of aliphatic imine (C=N–C) groups is 1. The first-order valence-electron chi connectivity index (χ1n) is 19.1. The van der Waals surface area contributed by atoms with Gasteiger partial charge in [-0.15, -0.1) is 0 Å². The molecule has 18 heteroatoms. The Morgan fingerprint density at radius 1 is 0.949 bits per heavy atom. The molecule has 3 aromatic rings. The average Bonchev–Trinajstić information content (AvgIpc) is 3.20. The molecule has 1 aliphatic heterocycles. The SMILES string of the molecule is Cc1ccc(C(=O)N[C@@H](CCN=C(N)N)C(=O)N(C)[C@@H]2C(=O)N[C@@H](C)C(=O)N[C@H](C(=O)NCC#N)Cc3ccc(OCCN)c(c3)-c3cc2ccc3OCCN)c(C)c1. The van der Waals surface area contributed by atoms with Crippen molar-refractivity contribution in [3.8, 4) is 28.7 Å². The number of fused-ring (bicyclic) bond motifs is 5. The lowest BCUT2D eigenvalue weighted by atomic mass is 9.93. The van der Waals surface area contributed by atoms with Gasteiger partial charge < -0.3 is 58.6 Å². The first-order chi connectivity index (χ1) is 28.2. The lowest BCUT2D eigenvalue weighted by Gasteiger charge is -2.32. The van der Waals surface area contributed by atoms with E-state index in [0.717, 1.165) is 5.56 Å². The fraction of sp³-hybridized carbons (Fsp3) is 0.390. The standard InChI is InChI=1S/C41H53N11O7/c1-23-5-8-28(24(2)19-23)37(54)50-31(11-15-48-41(45)46)40(57)52(4)35-27-7-10-34(59-18-14-44)30(22-27)29-20-26(6-9-33(29)58-17-13-43)21-32(38(55)47-16-12-42)51-36(53)25(3)49-39(35)56/h5-10,19-20,22,25,31-32,35H,11,13-18,21,43-44H2,1-4H3,(H,47,55)(H,49,56)(H,50,54)(H,51,53)(H4,45,46,48)/t25-,31-,32-,35-/m0/s1. The molecule has 0 aliphatic carbocycles. The molecule has 314 valence electrons. The van der Waals surface area contributed by atoms with Crippen LogP contribution in [0.3, 0.4) is 0 Å². The summed E-state index contributed by atoms with van der Waals surface area (Å²) in [5, 5.41) is 19.8. The van der Waals surface area contributed by atoms with Crippen LogP contribution in [0.15, 0.2) is 59.6 Å². The smallest absolute Gasteiger partial charge is 0.252 e. The van der Waals surface area contributed by atoms with Crippen molar-refractivity contribution in [1.29, 1.82) is 5.26 Å². The molecule has 0 spiro atoms. The Morgan fingerprint density at radius 2 is 1.61 bits per heavy atom. The van der Waals surface area contributed by atoms with Crippen molar-refractivity contribution in [3.63, 3.8) is 0 Å². The summed E-state index contributed by atoms with van der Waals surface area (Å²) in [6.45, 7) is 5.44. The number of aryl methyl sites for hydroxylation is 2. The van der Waals surface area contributed by atoms with E-state index in [1.54, 1.807) is 55.5 Å². The van der Waals surface area contributed by atoms with Gasteiger partial charge in [-0.2, -0.15) is 5.26 Å². The molecule has 12 N–H and O–H groups in total. The monoisotopic (exact) mass is 811 g/mol. The minimum absolute atomic E-state index is 0.00144. The zero-order valence-corrected chi connectivity index (χ0v) is 33.7. The van der Waals surface area contributed by atoms with Gasteiger partial charge in [-0.05, 0) is 74.2 Å². The molecule has 0 unspecified atom stereocenters. The second kappa shape index (κ2) is 21.2. The van der Waals surface area contributed by atoms with Crippen LogP contribution in [0.4, 0.5) is 0 Å². The summed E-state index contributed by atoms with van der Waals surface area (Å²) in [7, 11) is 1.40. The Morgan fingerprint density at radius 3 is 2.24 bits per heavy atom. The van der Waals surface area contributed by atoms with E-state index in [0.29, 0.717) is 44.9 Å². The molecule has 4 rings (SSSR count). The van der Waals surface area contributed by atoms with E-state index in [1.807, 2.05) is 19.1 Å². The topological polar surface area (TPSA) is 295 Å². The van der Waals surface area contributed by atoms with Gasteiger partial charge in [0.1, 0.15) is 55.4 Å². The molecule has 18 nitrogen and oxygen atoms in total. The van der Waals surface area contributed by atoms with E-state index < -0.39 is 53.7 Å². The summed E-state index contributed by atoms with van der Waals surface area (Å²) in [6, 6.07) is 12.3. The number of ether oxygens (including phenoxy) is 2. The van der Waals surface area contributed by atoms with Gasteiger partial charge in [0, 0.05) is 49.8 Å². The van der Waals surface area contributed by atoms with Crippen molar-refractivity contribution in [2.45, 2.75) is 57.8 Å². The van der Waals surface area contributed by atoms with E-state index in [-0.39, 0.29) is 58.2 Å². The quantitative estimate of drug-likeness (QED) is 0.0562. The normalized spacial score (nSPS) is 16.8. The van der Waals surface area contributed by atoms with Crippen molar-refractivity contribution in [2.75, 3.05) is 46.4 Å². The van der Waals surface area contributed by atoms with E-state index >= 15 is 0 Å². The summed E-state index contributed by atoms with van der Waals surface area (Å²) < 4.78 is 12.1. The summed E-state index contributed by atoms with van der Waals surface area (Å²) in [5.41, 5.74) is 26.6. The van der Waals surface area contributed by atoms with Crippen molar-refractivity contribution in [2.24, 2.45) is 27.9 Å². The number of benzene rings is 3. The highest BCUT2D eigenvalue weighted by Crippen LogP contribution is 2.40. The van der Waals surface area contributed by atoms with E-state index in [9.17, 15) is 24.0 Å². The maximum absolute atomic E-state index is 14.6. The van der Waals surface area contributed by atoms with Gasteiger partial charge in [-0.3, -0.25) is 29.0 Å². The molecule has 0 saturated heterocycles. The van der Waals surface area contributed by atoms with Crippen LogP contribution < -0.4 is 53.7 Å². The lowest BCUT2D eigenvalue weighted by Crippen LogP contribution is -2.56. The molecule has 4 bridgehead atoms. The number of guanidine groups is 1. The Hall–Kier alpha value is -6.71. The third-order valence-electron chi connectivity index (χ3n) is 9.50. The first-order valence-corrected chi connectivity index (χ1v) is 19.1. The number of likely N-dealkylation sites (N-methyl/N-ethyl adjacent to an activating group) is 1. The molecule has 0 fully saturated rings. The van der Waals surface area contributed by atoms with E-state index in [4.69, 9.17) is 37.7 Å². The summed E-state index contributed by atoms with van der Waals surface area (Å²) in [5.74, 6) is -2.73. The predicted molar refractivity (Wildman–Crippen MR) is 221 cm³/mol. The second-order valence-corrected chi connectivity index (χ2v) is 14.0. The molecule has 5 amide bonds. The van der Waals surface area contributed by atoms with Gasteiger partial charge in [0.15, 0.2) is 5.96 Å². The molecule has 0 aromatic heterocycles. The number of carbonyl (C=O) groups is 5. The number of nitrogens with two attached hydrogens (primary N) is 4. The van der Waals surface area contributed by atoms with Crippen LogP contribution in [0, 0.1) is 25.2 Å². The third kappa shape index (κ3) is 11.9. The molecule has 4 atom stereocenters. The number of rotatable bonds is 15. The highest BCUT2D eigenvalue weighted by atomic mass is 16.5. The molecular weight excluding hydrogens is 759 g/mol. The van der Waals surface area contributed by atoms with Crippen molar-refractivity contribution in [3.05, 3.63) is 82.4 Å². The minimum atomic E-state index is -1.40. The number of nitrogens with one attached hydrogen (secondary N) is 4. The van der Waals surface area contributed by atoms with Crippen LogP contribution in [-0.2, 0) is 25.6 Å². The summed E-state index contributed by atoms with van der Waals surface area (Å²) in [4.78, 5) is 74.9. The third-order valence-corrected chi connectivity index (χ3v) is 9.50. The largest absolute Gasteiger partial charge is 0.492 e. The average molecular weight is 812 g/mol. The minimum Gasteiger partial charge on any atom is -0.492 e. The zero-order valence-electron chi connectivity index (χ0n) is 33.7. The lowest BCUT2D eigenvalue weighted by molar-refractivity contribution is -0.141. The van der Waals surface area contributed by atoms with Gasteiger partial charge in [-0.25, -0.2) is 0 Å². The molecule has 1 heterocycles. The van der Waals surface area contributed by atoms with Crippen LogP contribution in [0.25, 0.3) is 11.1 Å². The zero-order chi connectivity index (χ0) is 43.2. The Balaban J connectivity index is 1.90. The van der Waals surface area contributed by atoms with Gasteiger partial charge in [0.25, 0.3) is 5.91 Å². The van der Waals surface area contributed by atoms with Crippen LogP contribution in [0.5, 0.6) is 11.5 Å². The fourth-order valence-corrected chi connectivity index (χ4v) is 6.59. The van der Waals surface area contributed by atoms with Crippen LogP contribution in [0.1, 0.15) is 52.0 Å². The van der Waals surface area contributed by atoms with Crippen molar-refractivity contribution >= 4 is 35.5 Å². The van der Waals surface area contributed by atoms with E-state index in [2.05, 4.69) is 26.3 Å². The number of hydrogen-bond donors (Lipinski definition) is 8. The first kappa shape index (κ1) is 45.0. The molecule has 59 heavy (non-hydrogen) atoms. The van der Waals surface area contributed by atoms with Crippen LogP contribution >= 0.6 is 0 Å². The van der Waals surface area contributed by atoms with Crippen LogP contribution in [0.2, 0.25) is 0 Å². The molecule has 0 radical (unpaired) electrons. The molecule has 3 aromatic carbocycles. The molecule has 1 aliphatic rings. The number of nitriles is 1. The number of amides is 5. The highest BCUT2D eigenvalue weighted by molar-refractivity contribution is 6.00. The fourth-order valence-electron chi connectivity index (χ4n) is 6.59. The van der Waals surface area contributed by atoms with Gasteiger partial charge >= 0.3 is 0 Å². The van der Waals surface area contributed by atoms with Crippen LogP contribution in [-0.4, -0.2) is 105 Å². The van der Waals surface area contributed by atoms with Crippen molar-refractivity contribution in [1.82, 2.24) is 26.2 Å². The maximum atomic E-state index is 14.6.